The molecule has 0 spiro atoms. The molecule has 0 N–H and O–H groups in total. The summed E-state index contributed by atoms with van der Waals surface area (Å²) in [5.41, 5.74) is 12.0. The molecule has 2 nitrogen and oxygen atoms in total. The molecule has 2 aliphatic rings. The van der Waals surface area contributed by atoms with Crippen molar-refractivity contribution in [3.8, 4) is 0 Å². The topological polar surface area (TPSA) is 24.7 Å². The van der Waals surface area contributed by atoms with Gasteiger partial charge in [0.1, 0.15) is 0 Å². The molecule has 0 heterocycles. The van der Waals surface area contributed by atoms with Crippen molar-refractivity contribution >= 4 is 34.4 Å². The first-order valence-electron chi connectivity index (χ1n) is 15.1. The quantitative estimate of drug-likeness (QED) is 0.285. The Kier molecular flexibility index (Phi) is 8.08. The van der Waals surface area contributed by atoms with E-state index in [2.05, 4.69) is 128 Å². The SMILES string of the molecule is CC(C)c1cccc(C(C)C)c1N=C1C(=Nc2c(C(C)C)cccc2C(C)C)c2ccc/c3c2=C1C/C=C\C\C=3. The summed E-state index contributed by atoms with van der Waals surface area (Å²) in [7, 11) is 0. The van der Waals surface area contributed by atoms with Gasteiger partial charge in [0.2, 0.25) is 0 Å². The predicted octanol–water partition coefficient (Wildman–Crippen LogP) is 9.37. The van der Waals surface area contributed by atoms with E-state index in [0.717, 1.165) is 35.6 Å². The van der Waals surface area contributed by atoms with E-state index in [9.17, 15) is 0 Å². The van der Waals surface area contributed by atoms with E-state index in [1.54, 1.807) is 0 Å². The molecule has 0 radical (unpaired) electrons. The molecule has 40 heavy (non-hydrogen) atoms. The van der Waals surface area contributed by atoms with Crippen LogP contribution in [0.1, 0.15) is 120 Å². The second-order valence-electron chi connectivity index (χ2n) is 12.5. The van der Waals surface area contributed by atoms with Gasteiger partial charge in [0.25, 0.3) is 0 Å². The van der Waals surface area contributed by atoms with Gasteiger partial charge in [-0.25, -0.2) is 9.98 Å². The summed E-state index contributed by atoms with van der Waals surface area (Å²) in [5, 5.41) is 2.60. The molecular formula is C38H44N2. The lowest BCUT2D eigenvalue weighted by Gasteiger charge is -2.19. The molecule has 2 heteroatoms. The lowest BCUT2D eigenvalue weighted by atomic mass is 9.92. The molecule has 0 atom stereocenters. The van der Waals surface area contributed by atoms with Crippen molar-refractivity contribution < 1.29 is 0 Å². The summed E-state index contributed by atoms with van der Waals surface area (Å²) in [6.07, 6.45) is 8.74. The smallest absolute Gasteiger partial charge is 0.0975 e. The van der Waals surface area contributed by atoms with Crippen molar-refractivity contribution in [3.05, 3.63) is 105 Å². The summed E-state index contributed by atoms with van der Waals surface area (Å²) in [5.74, 6) is 1.51. The number of hydrogen-bond acceptors (Lipinski definition) is 2. The Morgan fingerprint density at radius 3 is 1.52 bits per heavy atom. The molecule has 206 valence electrons. The van der Waals surface area contributed by atoms with Gasteiger partial charge in [-0.1, -0.05) is 128 Å². The van der Waals surface area contributed by atoms with Gasteiger partial charge in [-0.3, -0.25) is 0 Å². The Hall–Kier alpha value is -3.52. The zero-order valence-electron chi connectivity index (χ0n) is 25.5. The van der Waals surface area contributed by atoms with E-state index in [1.807, 2.05) is 0 Å². The highest BCUT2D eigenvalue weighted by Gasteiger charge is 2.29. The van der Waals surface area contributed by atoms with Gasteiger partial charge in [-0.2, -0.15) is 0 Å². The van der Waals surface area contributed by atoms with E-state index < -0.39 is 0 Å². The number of nitrogens with zero attached hydrogens (tertiary/aromatic N) is 2. The van der Waals surface area contributed by atoms with Crippen molar-refractivity contribution in [2.45, 2.75) is 91.9 Å². The molecule has 0 unspecified atom stereocenters. The summed E-state index contributed by atoms with van der Waals surface area (Å²) >= 11 is 0. The van der Waals surface area contributed by atoms with Crippen molar-refractivity contribution in [2.75, 3.05) is 0 Å². The highest BCUT2D eigenvalue weighted by atomic mass is 14.8. The Morgan fingerprint density at radius 2 is 1.02 bits per heavy atom. The predicted molar refractivity (Wildman–Crippen MR) is 174 cm³/mol. The van der Waals surface area contributed by atoms with Crippen LogP contribution in [0.15, 0.2) is 76.7 Å². The minimum Gasteiger partial charge on any atom is -0.246 e. The molecule has 0 saturated heterocycles. The van der Waals surface area contributed by atoms with Crippen LogP contribution < -0.4 is 10.4 Å². The molecule has 0 fully saturated rings. The Labute approximate surface area is 241 Å². The summed E-state index contributed by atoms with van der Waals surface area (Å²) < 4.78 is 0. The molecule has 0 aliphatic heterocycles. The van der Waals surface area contributed by atoms with Crippen molar-refractivity contribution in [1.29, 1.82) is 0 Å². The lowest BCUT2D eigenvalue weighted by molar-refractivity contribution is 0.834. The fourth-order valence-corrected chi connectivity index (χ4v) is 6.09. The van der Waals surface area contributed by atoms with Gasteiger partial charge in [0.15, 0.2) is 0 Å². The van der Waals surface area contributed by atoms with Crippen LogP contribution in [0.5, 0.6) is 0 Å². The van der Waals surface area contributed by atoms with Crippen LogP contribution in [0.4, 0.5) is 11.4 Å². The molecule has 5 rings (SSSR count). The molecule has 3 aromatic carbocycles. The number of benzene rings is 3. The first-order chi connectivity index (χ1) is 19.2. The Balaban J connectivity index is 1.91. The second kappa shape index (κ2) is 11.5. The maximum Gasteiger partial charge on any atom is 0.0975 e. The third-order valence-electron chi connectivity index (χ3n) is 8.26. The second-order valence-corrected chi connectivity index (χ2v) is 12.5. The van der Waals surface area contributed by atoms with Gasteiger partial charge >= 0.3 is 0 Å². The van der Waals surface area contributed by atoms with E-state index >= 15 is 0 Å². The van der Waals surface area contributed by atoms with Crippen molar-refractivity contribution in [2.24, 2.45) is 9.98 Å². The van der Waals surface area contributed by atoms with Crippen LogP contribution in [-0.2, 0) is 0 Å². The van der Waals surface area contributed by atoms with Gasteiger partial charge < -0.3 is 0 Å². The minimum atomic E-state index is 0.377. The van der Waals surface area contributed by atoms with Crippen LogP contribution >= 0.6 is 0 Å². The number of allylic oxidation sites excluding steroid dienone is 2. The summed E-state index contributed by atoms with van der Waals surface area (Å²) in [6, 6.07) is 20.1. The monoisotopic (exact) mass is 528 g/mol. The van der Waals surface area contributed by atoms with Gasteiger partial charge in [0.05, 0.1) is 22.8 Å². The Morgan fingerprint density at radius 1 is 0.550 bits per heavy atom. The third-order valence-corrected chi connectivity index (χ3v) is 8.26. The number of aliphatic imine (C=N–C) groups is 2. The average Bonchev–Trinajstić information content (AvgIpc) is 3.19. The van der Waals surface area contributed by atoms with E-state index in [-0.39, 0.29) is 0 Å². The number of hydrogen-bond donors (Lipinski definition) is 0. The van der Waals surface area contributed by atoms with Crippen LogP contribution in [-0.4, -0.2) is 11.4 Å². The zero-order chi connectivity index (χ0) is 28.6. The van der Waals surface area contributed by atoms with E-state index in [0.29, 0.717) is 23.7 Å². The van der Waals surface area contributed by atoms with Crippen LogP contribution in [0, 0.1) is 0 Å². The van der Waals surface area contributed by atoms with Gasteiger partial charge in [0, 0.05) is 5.56 Å². The van der Waals surface area contributed by atoms with Crippen LogP contribution in [0.3, 0.4) is 0 Å². The largest absolute Gasteiger partial charge is 0.246 e. The summed E-state index contributed by atoms with van der Waals surface area (Å²) in [6.45, 7) is 18.2. The molecular weight excluding hydrogens is 484 g/mol. The first-order valence-corrected chi connectivity index (χ1v) is 15.1. The van der Waals surface area contributed by atoms with Crippen LogP contribution in [0.25, 0.3) is 11.6 Å². The van der Waals surface area contributed by atoms with Crippen molar-refractivity contribution in [1.82, 2.24) is 0 Å². The number of rotatable bonds is 6. The molecule has 2 aliphatic carbocycles. The molecule has 3 aromatic rings. The standard InChI is InChI=1S/C38H44N2/c1-23(2)28-18-13-19-29(24(3)4)35(28)39-37-32-17-11-9-10-15-27-16-12-22-33(34(27)32)38(37)40-36-30(25(5)6)20-14-21-31(36)26(7)8/h9,11-16,18-26H,10,17H2,1-8H3/b11-9-,27-15-,39-37?,40-38?. The highest BCUT2D eigenvalue weighted by Crippen LogP contribution is 2.38. The lowest BCUT2D eigenvalue weighted by Crippen LogP contribution is -2.28. The molecule has 0 amide bonds. The maximum atomic E-state index is 5.64. The summed E-state index contributed by atoms with van der Waals surface area (Å²) in [4.78, 5) is 11.3. The van der Waals surface area contributed by atoms with Gasteiger partial charge in [-0.15, -0.1) is 0 Å². The van der Waals surface area contributed by atoms with Crippen LogP contribution in [0.2, 0.25) is 0 Å². The first kappa shape index (κ1) is 28.0. The molecule has 0 aromatic heterocycles. The minimum absolute atomic E-state index is 0.377. The average molecular weight is 529 g/mol. The molecule has 0 saturated carbocycles. The fourth-order valence-electron chi connectivity index (χ4n) is 6.09. The maximum absolute atomic E-state index is 5.64. The van der Waals surface area contributed by atoms with E-state index in [1.165, 1.54) is 43.8 Å². The highest BCUT2D eigenvalue weighted by molar-refractivity contribution is 6.63. The van der Waals surface area contributed by atoms with Crippen molar-refractivity contribution in [3.63, 3.8) is 0 Å². The third kappa shape index (κ3) is 5.17. The zero-order valence-corrected chi connectivity index (χ0v) is 25.5. The Bertz CT molecular complexity index is 1590. The fraction of sp³-hybridized carbons (Fsp3) is 0.368. The number of para-hydroxylation sites is 2. The van der Waals surface area contributed by atoms with E-state index in [4.69, 9.17) is 9.98 Å². The van der Waals surface area contributed by atoms with Gasteiger partial charge in [-0.05, 0) is 74.8 Å². The normalized spacial score (nSPS) is 18.5. The molecule has 0 bridgehead atoms.